The van der Waals surface area contributed by atoms with E-state index in [0.717, 1.165) is 33.5 Å². The van der Waals surface area contributed by atoms with E-state index in [9.17, 15) is 4.79 Å². The number of aromatic amines is 1. The number of hydrogen-bond donors (Lipinski definition) is 1. The Balaban J connectivity index is 1.58. The predicted octanol–water partition coefficient (Wildman–Crippen LogP) is 3.61. The van der Waals surface area contributed by atoms with E-state index in [1.54, 1.807) is 11.9 Å². The molecule has 25 heavy (non-hydrogen) atoms. The van der Waals surface area contributed by atoms with Crippen LogP contribution in [0.5, 0.6) is 5.75 Å². The van der Waals surface area contributed by atoms with E-state index in [4.69, 9.17) is 9.15 Å². The van der Waals surface area contributed by atoms with Crippen LogP contribution < -0.4 is 4.74 Å². The Kier molecular flexibility index (Phi) is 5.33. The van der Waals surface area contributed by atoms with Crippen LogP contribution in [-0.4, -0.2) is 40.2 Å². The Bertz CT molecular complexity index is 871. The smallest absolute Gasteiger partial charge is 0.233 e. The number of rotatable bonds is 7. The van der Waals surface area contributed by atoms with Crippen LogP contribution in [0.25, 0.3) is 11.0 Å². The molecular formula is C18H21N3O3S. The fourth-order valence-electron chi connectivity index (χ4n) is 2.42. The molecular weight excluding hydrogens is 338 g/mol. The van der Waals surface area contributed by atoms with Gasteiger partial charge in [-0.15, -0.1) is 0 Å². The molecule has 1 aromatic carbocycles. The maximum atomic E-state index is 12.3. The van der Waals surface area contributed by atoms with E-state index in [2.05, 4.69) is 9.97 Å². The molecule has 2 heterocycles. The lowest BCUT2D eigenvalue weighted by molar-refractivity contribution is -0.127. The molecule has 0 aliphatic heterocycles. The number of nitrogens with zero attached hydrogens (tertiary/aromatic N) is 2. The van der Waals surface area contributed by atoms with Gasteiger partial charge in [0.2, 0.25) is 5.91 Å². The molecule has 0 bridgehead atoms. The zero-order chi connectivity index (χ0) is 17.8. The number of thioether (sulfide) groups is 1. The van der Waals surface area contributed by atoms with Crippen LogP contribution in [0.1, 0.15) is 18.4 Å². The van der Waals surface area contributed by atoms with Gasteiger partial charge in [-0.1, -0.05) is 11.8 Å². The fraction of sp³-hybridized carbons (Fsp3) is 0.333. The summed E-state index contributed by atoms with van der Waals surface area (Å²) in [6.45, 7) is 4.92. The number of carbonyl (C=O) groups excluding carboxylic acids is 1. The number of amides is 1. The lowest BCUT2D eigenvalue weighted by atomic mass is 10.3. The van der Waals surface area contributed by atoms with E-state index < -0.39 is 0 Å². The summed E-state index contributed by atoms with van der Waals surface area (Å²) in [4.78, 5) is 21.7. The Labute approximate surface area is 150 Å². The third-order valence-electron chi connectivity index (χ3n) is 3.69. The van der Waals surface area contributed by atoms with Crippen LogP contribution in [0, 0.1) is 6.92 Å². The van der Waals surface area contributed by atoms with Crippen molar-refractivity contribution in [3.05, 3.63) is 41.9 Å². The molecule has 1 amide bonds. The molecule has 3 rings (SSSR count). The third kappa shape index (κ3) is 4.36. The van der Waals surface area contributed by atoms with Crippen molar-refractivity contribution in [2.24, 2.45) is 0 Å². The molecule has 1 N–H and O–H groups in total. The molecule has 132 valence electrons. The van der Waals surface area contributed by atoms with Crippen molar-refractivity contribution in [1.82, 2.24) is 14.9 Å². The number of H-pyrrole nitrogens is 1. The number of carbonyl (C=O) groups is 1. The second-order valence-corrected chi connectivity index (χ2v) is 6.67. The van der Waals surface area contributed by atoms with Crippen LogP contribution in [0.4, 0.5) is 0 Å². The summed E-state index contributed by atoms with van der Waals surface area (Å²) in [6.07, 6.45) is 0. The summed E-state index contributed by atoms with van der Waals surface area (Å²) in [5, 5.41) is 0.722. The first-order chi connectivity index (χ1) is 12.0. The molecule has 0 saturated carbocycles. The molecule has 0 atom stereocenters. The first-order valence-corrected chi connectivity index (χ1v) is 9.08. The predicted molar refractivity (Wildman–Crippen MR) is 97.9 cm³/mol. The van der Waals surface area contributed by atoms with Crippen molar-refractivity contribution in [3.8, 4) is 5.75 Å². The molecule has 2 aromatic heterocycles. The summed E-state index contributed by atoms with van der Waals surface area (Å²) in [7, 11) is 1.77. The van der Waals surface area contributed by atoms with Crippen LogP contribution in [0.2, 0.25) is 0 Å². The zero-order valence-electron chi connectivity index (χ0n) is 14.5. The highest BCUT2D eigenvalue weighted by Crippen LogP contribution is 2.23. The van der Waals surface area contributed by atoms with E-state index in [0.29, 0.717) is 18.9 Å². The number of nitrogens with one attached hydrogen (secondary N) is 1. The number of benzene rings is 1. The van der Waals surface area contributed by atoms with Crippen molar-refractivity contribution < 1.29 is 13.9 Å². The van der Waals surface area contributed by atoms with Gasteiger partial charge in [-0.25, -0.2) is 4.98 Å². The van der Waals surface area contributed by atoms with Gasteiger partial charge in [0.25, 0.3) is 0 Å². The minimum absolute atomic E-state index is 0.0227. The minimum Gasteiger partial charge on any atom is -0.494 e. The van der Waals surface area contributed by atoms with Crippen LogP contribution in [0.15, 0.2) is 39.9 Å². The largest absolute Gasteiger partial charge is 0.494 e. The molecule has 0 spiro atoms. The summed E-state index contributed by atoms with van der Waals surface area (Å²) >= 11 is 1.39. The topological polar surface area (TPSA) is 71.4 Å². The molecule has 0 saturated heterocycles. The first kappa shape index (κ1) is 17.4. The highest BCUT2D eigenvalue weighted by molar-refractivity contribution is 7.99. The molecule has 7 heteroatoms. The molecule has 0 aliphatic rings. The average molecular weight is 359 g/mol. The van der Waals surface area contributed by atoms with Gasteiger partial charge in [0.05, 0.1) is 29.9 Å². The van der Waals surface area contributed by atoms with Crippen molar-refractivity contribution in [2.45, 2.75) is 25.5 Å². The molecule has 3 aromatic rings. The van der Waals surface area contributed by atoms with Gasteiger partial charge in [-0.2, -0.15) is 0 Å². The molecule has 6 nitrogen and oxygen atoms in total. The average Bonchev–Trinajstić information content (AvgIpc) is 3.18. The monoisotopic (exact) mass is 359 g/mol. The second kappa shape index (κ2) is 7.65. The van der Waals surface area contributed by atoms with Gasteiger partial charge in [0.1, 0.15) is 17.3 Å². The Morgan fingerprint density at radius 3 is 2.92 bits per heavy atom. The number of ether oxygens (including phenoxy) is 1. The number of imidazole rings is 1. The van der Waals surface area contributed by atoms with Gasteiger partial charge < -0.3 is 19.0 Å². The maximum Gasteiger partial charge on any atom is 0.233 e. The zero-order valence-corrected chi connectivity index (χ0v) is 15.4. The van der Waals surface area contributed by atoms with E-state index in [1.807, 2.05) is 44.2 Å². The fourth-order valence-corrected chi connectivity index (χ4v) is 3.25. The molecule has 0 fully saturated rings. The lowest BCUT2D eigenvalue weighted by Gasteiger charge is -2.14. The first-order valence-electron chi connectivity index (χ1n) is 8.10. The normalized spacial score (nSPS) is 11.0. The van der Waals surface area contributed by atoms with Crippen LogP contribution in [0.3, 0.4) is 0 Å². The highest BCUT2D eigenvalue weighted by Gasteiger charge is 2.13. The molecule has 0 aliphatic carbocycles. The quantitative estimate of drug-likeness (QED) is 0.653. The van der Waals surface area contributed by atoms with Crippen molar-refractivity contribution >= 4 is 28.7 Å². The highest BCUT2D eigenvalue weighted by atomic mass is 32.2. The maximum absolute atomic E-state index is 12.3. The summed E-state index contributed by atoms with van der Waals surface area (Å²) < 4.78 is 11.0. The number of furan rings is 1. The van der Waals surface area contributed by atoms with Crippen molar-refractivity contribution in [1.29, 1.82) is 0 Å². The summed E-state index contributed by atoms with van der Waals surface area (Å²) in [6, 6.07) is 9.51. The Morgan fingerprint density at radius 2 is 2.20 bits per heavy atom. The van der Waals surface area contributed by atoms with Gasteiger partial charge in [0.15, 0.2) is 5.16 Å². The third-order valence-corrected chi connectivity index (χ3v) is 4.55. The minimum atomic E-state index is 0.0227. The van der Waals surface area contributed by atoms with E-state index in [-0.39, 0.29) is 5.91 Å². The van der Waals surface area contributed by atoms with Crippen molar-refractivity contribution in [3.63, 3.8) is 0 Å². The SMILES string of the molecule is CCOc1ccc2nc(SCC(=O)N(C)Cc3ccc(C)o3)[nH]c2c1. The Morgan fingerprint density at radius 1 is 1.36 bits per heavy atom. The summed E-state index contributed by atoms with van der Waals surface area (Å²) in [5.74, 6) is 2.77. The number of aromatic nitrogens is 2. The molecule has 0 unspecified atom stereocenters. The summed E-state index contributed by atoms with van der Waals surface area (Å²) in [5.41, 5.74) is 1.76. The lowest BCUT2D eigenvalue weighted by Crippen LogP contribution is -2.27. The van der Waals surface area contributed by atoms with Crippen LogP contribution >= 0.6 is 11.8 Å². The Hall–Kier alpha value is -2.41. The number of fused-ring (bicyclic) bond motifs is 1. The van der Waals surface area contributed by atoms with Gasteiger partial charge in [0, 0.05) is 13.1 Å². The van der Waals surface area contributed by atoms with E-state index >= 15 is 0 Å². The second-order valence-electron chi connectivity index (χ2n) is 5.70. The van der Waals surface area contributed by atoms with Gasteiger partial charge >= 0.3 is 0 Å². The van der Waals surface area contributed by atoms with Gasteiger partial charge in [-0.3, -0.25) is 4.79 Å². The number of aryl methyl sites for hydroxylation is 1. The number of hydrogen-bond acceptors (Lipinski definition) is 5. The standard InChI is InChI=1S/C18H21N3O3S/c1-4-23-13-7-8-15-16(9-13)20-18(19-15)25-11-17(22)21(3)10-14-6-5-12(2)24-14/h5-9H,4,10-11H2,1-3H3,(H,19,20). The van der Waals surface area contributed by atoms with Gasteiger partial charge in [-0.05, 0) is 38.1 Å². The van der Waals surface area contributed by atoms with Crippen LogP contribution in [-0.2, 0) is 11.3 Å². The molecule has 0 radical (unpaired) electrons. The van der Waals surface area contributed by atoms with Crippen molar-refractivity contribution in [2.75, 3.05) is 19.4 Å². The van der Waals surface area contributed by atoms with E-state index in [1.165, 1.54) is 11.8 Å².